The number of benzene rings is 1. The van der Waals surface area contributed by atoms with Gasteiger partial charge in [0.2, 0.25) is 0 Å². The van der Waals surface area contributed by atoms with Crippen LogP contribution < -0.4 is 0 Å². The smallest absolute Gasteiger partial charge is 0.256 e. The molecular weight excluding hydrogens is 337 g/mol. The molecule has 1 saturated heterocycles. The van der Waals surface area contributed by atoms with Crippen LogP contribution >= 0.6 is 0 Å². The first-order valence-electron chi connectivity index (χ1n) is 8.73. The number of amides is 1. The molecule has 0 radical (unpaired) electrons. The Morgan fingerprint density at radius 3 is 2.77 bits per heavy atom. The van der Waals surface area contributed by atoms with E-state index in [0.717, 1.165) is 17.7 Å². The van der Waals surface area contributed by atoms with E-state index in [4.69, 9.17) is 4.52 Å². The first-order valence-corrected chi connectivity index (χ1v) is 8.73. The molecule has 0 aliphatic carbocycles. The van der Waals surface area contributed by atoms with E-state index in [1.54, 1.807) is 17.0 Å². The van der Waals surface area contributed by atoms with E-state index in [2.05, 4.69) is 5.16 Å². The van der Waals surface area contributed by atoms with Crippen molar-refractivity contribution in [3.05, 3.63) is 53.2 Å². The normalized spacial score (nSPS) is 20.8. The molecule has 0 saturated carbocycles. The van der Waals surface area contributed by atoms with Crippen LogP contribution in [0.5, 0.6) is 0 Å². The Balaban J connectivity index is 1.64. The number of rotatable bonds is 6. The van der Waals surface area contributed by atoms with Gasteiger partial charge in [0, 0.05) is 25.7 Å². The quantitative estimate of drug-likeness (QED) is 0.853. The summed E-state index contributed by atoms with van der Waals surface area (Å²) < 4.78 is 18.2. The number of halogens is 1. The maximum absolute atomic E-state index is 13.1. The maximum atomic E-state index is 13.1. The fourth-order valence-corrected chi connectivity index (χ4v) is 3.43. The number of aromatic nitrogens is 1. The molecule has 2 heterocycles. The number of carbonyl (C=O) groups is 1. The van der Waals surface area contributed by atoms with Gasteiger partial charge in [-0.3, -0.25) is 9.69 Å². The SMILES string of the molecule is Cc1cc(CN(C)CC2(O)CCCN(Cc3ccc(F)cc3)C2=O)on1. The zero-order valence-corrected chi connectivity index (χ0v) is 15.1. The number of carbonyl (C=O) groups excluding carboxylic acids is 1. The summed E-state index contributed by atoms with van der Waals surface area (Å²) in [5.74, 6) is 0.105. The van der Waals surface area contributed by atoms with Gasteiger partial charge >= 0.3 is 0 Å². The van der Waals surface area contributed by atoms with Crippen molar-refractivity contribution in [3.63, 3.8) is 0 Å². The van der Waals surface area contributed by atoms with Crippen LogP contribution in [0, 0.1) is 12.7 Å². The second-order valence-corrected chi connectivity index (χ2v) is 7.10. The number of aryl methyl sites for hydroxylation is 1. The van der Waals surface area contributed by atoms with E-state index < -0.39 is 5.60 Å². The number of likely N-dealkylation sites (N-methyl/N-ethyl adjacent to an activating group) is 1. The van der Waals surface area contributed by atoms with Gasteiger partial charge in [-0.25, -0.2) is 4.39 Å². The van der Waals surface area contributed by atoms with Crippen molar-refractivity contribution in [2.75, 3.05) is 20.1 Å². The third-order valence-corrected chi connectivity index (χ3v) is 4.62. The van der Waals surface area contributed by atoms with Crippen LogP contribution in [0.4, 0.5) is 4.39 Å². The molecule has 140 valence electrons. The van der Waals surface area contributed by atoms with Crippen molar-refractivity contribution in [1.29, 1.82) is 0 Å². The molecular formula is C19H24FN3O3. The first-order chi connectivity index (χ1) is 12.4. The molecule has 1 fully saturated rings. The van der Waals surface area contributed by atoms with Crippen molar-refractivity contribution < 1.29 is 18.8 Å². The third-order valence-electron chi connectivity index (χ3n) is 4.62. The van der Waals surface area contributed by atoms with E-state index in [9.17, 15) is 14.3 Å². The summed E-state index contributed by atoms with van der Waals surface area (Å²) in [6.07, 6.45) is 1.14. The summed E-state index contributed by atoms with van der Waals surface area (Å²) in [4.78, 5) is 16.4. The predicted octanol–water partition coefficient (Wildman–Crippen LogP) is 2.11. The summed E-state index contributed by atoms with van der Waals surface area (Å²) in [6.45, 7) is 3.48. The topological polar surface area (TPSA) is 69.8 Å². The standard InChI is InChI=1S/C19H24FN3O3/c1-14-10-17(26-21-14)12-22(2)13-19(25)8-3-9-23(18(19)24)11-15-4-6-16(20)7-5-15/h4-7,10,25H,3,8-9,11-13H2,1-2H3. The number of hydrogen-bond donors (Lipinski definition) is 1. The van der Waals surface area contributed by atoms with Gasteiger partial charge in [-0.05, 0) is 44.5 Å². The average Bonchev–Trinajstić information content (AvgIpc) is 2.98. The number of nitrogens with zero attached hydrogens (tertiary/aromatic N) is 3. The molecule has 1 aromatic heterocycles. The van der Waals surface area contributed by atoms with Crippen LogP contribution in [0.25, 0.3) is 0 Å². The molecule has 0 bridgehead atoms. The second-order valence-electron chi connectivity index (χ2n) is 7.10. The zero-order valence-electron chi connectivity index (χ0n) is 15.1. The highest BCUT2D eigenvalue weighted by molar-refractivity contribution is 5.86. The van der Waals surface area contributed by atoms with Crippen molar-refractivity contribution in [3.8, 4) is 0 Å². The first kappa shape index (κ1) is 18.5. The van der Waals surface area contributed by atoms with Crippen LogP contribution in [-0.4, -0.2) is 51.7 Å². The Kier molecular flexibility index (Phi) is 5.38. The predicted molar refractivity (Wildman–Crippen MR) is 93.6 cm³/mol. The van der Waals surface area contributed by atoms with Crippen LogP contribution in [0.2, 0.25) is 0 Å². The lowest BCUT2D eigenvalue weighted by molar-refractivity contribution is -0.160. The van der Waals surface area contributed by atoms with Crippen LogP contribution in [-0.2, 0) is 17.9 Å². The van der Waals surface area contributed by atoms with Crippen LogP contribution in [0.1, 0.15) is 29.9 Å². The zero-order chi connectivity index (χ0) is 18.7. The molecule has 1 unspecified atom stereocenters. The van der Waals surface area contributed by atoms with Gasteiger partial charge in [0.1, 0.15) is 5.82 Å². The lowest BCUT2D eigenvalue weighted by atomic mass is 9.90. The summed E-state index contributed by atoms with van der Waals surface area (Å²) in [5, 5.41) is 14.8. The Labute approximate surface area is 152 Å². The number of piperidine rings is 1. The summed E-state index contributed by atoms with van der Waals surface area (Å²) in [6, 6.07) is 7.92. The van der Waals surface area contributed by atoms with Gasteiger partial charge < -0.3 is 14.5 Å². The monoisotopic (exact) mass is 361 g/mol. The molecule has 1 N–H and O–H groups in total. The molecule has 7 heteroatoms. The Morgan fingerprint density at radius 1 is 1.38 bits per heavy atom. The minimum Gasteiger partial charge on any atom is -0.379 e. The molecule has 1 aliphatic rings. The van der Waals surface area contributed by atoms with Gasteiger partial charge in [-0.1, -0.05) is 17.3 Å². The lowest BCUT2D eigenvalue weighted by Crippen LogP contribution is -2.57. The molecule has 1 aromatic carbocycles. The molecule has 1 amide bonds. The van der Waals surface area contributed by atoms with E-state index in [1.807, 2.05) is 24.9 Å². The van der Waals surface area contributed by atoms with Crippen LogP contribution in [0.15, 0.2) is 34.9 Å². The summed E-state index contributed by atoms with van der Waals surface area (Å²) in [5.41, 5.74) is 0.211. The van der Waals surface area contributed by atoms with Crippen molar-refractivity contribution in [2.45, 2.75) is 38.5 Å². The highest BCUT2D eigenvalue weighted by atomic mass is 19.1. The van der Waals surface area contributed by atoms with Gasteiger partial charge in [-0.2, -0.15) is 0 Å². The fraction of sp³-hybridized carbons (Fsp3) is 0.474. The van der Waals surface area contributed by atoms with E-state index in [0.29, 0.717) is 31.8 Å². The largest absolute Gasteiger partial charge is 0.379 e. The van der Waals surface area contributed by atoms with Gasteiger partial charge in [0.25, 0.3) is 5.91 Å². The van der Waals surface area contributed by atoms with Gasteiger partial charge in [-0.15, -0.1) is 0 Å². The molecule has 6 nitrogen and oxygen atoms in total. The van der Waals surface area contributed by atoms with E-state index >= 15 is 0 Å². The van der Waals surface area contributed by atoms with Crippen molar-refractivity contribution >= 4 is 5.91 Å². The van der Waals surface area contributed by atoms with E-state index in [1.165, 1.54) is 12.1 Å². The summed E-state index contributed by atoms with van der Waals surface area (Å²) in [7, 11) is 1.84. The van der Waals surface area contributed by atoms with Gasteiger partial charge in [0.15, 0.2) is 11.4 Å². The minimum absolute atomic E-state index is 0.214. The Morgan fingerprint density at radius 2 is 2.12 bits per heavy atom. The number of likely N-dealkylation sites (tertiary alicyclic amines) is 1. The molecule has 2 aromatic rings. The van der Waals surface area contributed by atoms with Gasteiger partial charge in [0.05, 0.1) is 12.2 Å². The maximum Gasteiger partial charge on any atom is 0.256 e. The lowest BCUT2D eigenvalue weighted by Gasteiger charge is -2.40. The number of hydrogen-bond acceptors (Lipinski definition) is 5. The molecule has 0 spiro atoms. The molecule has 1 atom stereocenters. The summed E-state index contributed by atoms with van der Waals surface area (Å²) >= 11 is 0. The van der Waals surface area contributed by atoms with E-state index in [-0.39, 0.29) is 18.3 Å². The number of aliphatic hydroxyl groups is 1. The van der Waals surface area contributed by atoms with Crippen LogP contribution in [0.3, 0.4) is 0 Å². The third kappa shape index (κ3) is 4.28. The molecule has 1 aliphatic heterocycles. The molecule has 26 heavy (non-hydrogen) atoms. The molecule has 3 rings (SSSR count). The Bertz CT molecular complexity index is 762. The highest BCUT2D eigenvalue weighted by Gasteiger charge is 2.42. The average molecular weight is 361 g/mol. The fourth-order valence-electron chi connectivity index (χ4n) is 3.43. The second kappa shape index (κ2) is 7.55. The van der Waals surface area contributed by atoms with Crippen molar-refractivity contribution in [1.82, 2.24) is 15.0 Å². The Hall–Kier alpha value is -2.25. The highest BCUT2D eigenvalue weighted by Crippen LogP contribution is 2.25. The van der Waals surface area contributed by atoms with Crippen molar-refractivity contribution in [2.24, 2.45) is 0 Å². The minimum atomic E-state index is -1.43.